The van der Waals surface area contributed by atoms with Crippen molar-refractivity contribution in [1.82, 2.24) is 4.68 Å². The van der Waals surface area contributed by atoms with Gasteiger partial charge in [0.15, 0.2) is 17.2 Å². The molecule has 0 aliphatic carbocycles. The van der Waals surface area contributed by atoms with E-state index < -0.39 is 11.5 Å². The molecule has 146 valence electrons. The SMILES string of the molecule is COC(=O)c1c(-c2cc(OC)c(OC)c(OC)c2)c2ccccc2c(=O)n1N. The number of hydrogen-bond donors (Lipinski definition) is 1. The molecule has 0 bridgehead atoms. The van der Waals surface area contributed by atoms with Crippen LogP contribution in [-0.2, 0) is 4.74 Å². The summed E-state index contributed by atoms with van der Waals surface area (Å²) in [4.78, 5) is 25.2. The first-order chi connectivity index (χ1) is 13.5. The highest BCUT2D eigenvalue weighted by atomic mass is 16.5. The quantitative estimate of drug-likeness (QED) is 0.531. The van der Waals surface area contributed by atoms with Crippen LogP contribution in [0, 0.1) is 0 Å². The lowest BCUT2D eigenvalue weighted by Crippen LogP contribution is -2.33. The number of methoxy groups -OCH3 is 4. The van der Waals surface area contributed by atoms with Crippen molar-refractivity contribution < 1.29 is 23.7 Å². The second-order valence-corrected chi connectivity index (χ2v) is 5.85. The van der Waals surface area contributed by atoms with Crippen molar-refractivity contribution >= 4 is 16.7 Å². The molecule has 0 spiro atoms. The number of carbonyl (C=O) groups is 1. The van der Waals surface area contributed by atoms with E-state index in [4.69, 9.17) is 24.8 Å². The standard InChI is InChI=1S/C20H20N2O6/c1-25-14-9-11(10-15(26-2)18(14)27-3)16-12-7-5-6-8-13(12)19(23)22(21)17(16)20(24)28-4/h5-10H,21H2,1-4H3. The average molecular weight is 384 g/mol. The van der Waals surface area contributed by atoms with Crippen LogP contribution in [0.5, 0.6) is 17.2 Å². The van der Waals surface area contributed by atoms with Gasteiger partial charge < -0.3 is 24.8 Å². The zero-order chi connectivity index (χ0) is 20.4. The van der Waals surface area contributed by atoms with E-state index in [0.29, 0.717) is 39.1 Å². The van der Waals surface area contributed by atoms with Crippen LogP contribution in [0.3, 0.4) is 0 Å². The summed E-state index contributed by atoms with van der Waals surface area (Å²) in [6.45, 7) is 0. The lowest BCUT2D eigenvalue weighted by Gasteiger charge is -2.18. The van der Waals surface area contributed by atoms with Crippen molar-refractivity contribution in [3.8, 4) is 28.4 Å². The first-order valence-corrected chi connectivity index (χ1v) is 8.30. The molecule has 1 heterocycles. The molecule has 0 saturated heterocycles. The minimum Gasteiger partial charge on any atom is -0.493 e. The van der Waals surface area contributed by atoms with E-state index in [1.165, 1.54) is 28.4 Å². The number of esters is 1. The van der Waals surface area contributed by atoms with Crippen LogP contribution >= 0.6 is 0 Å². The number of nitrogens with zero attached hydrogens (tertiary/aromatic N) is 1. The third-order valence-corrected chi connectivity index (χ3v) is 4.46. The predicted molar refractivity (Wildman–Crippen MR) is 105 cm³/mol. The second kappa shape index (κ2) is 7.51. The number of fused-ring (bicyclic) bond motifs is 1. The molecule has 0 amide bonds. The van der Waals surface area contributed by atoms with E-state index in [1.807, 2.05) is 0 Å². The van der Waals surface area contributed by atoms with Crippen molar-refractivity contribution in [2.24, 2.45) is 0 Å². The van der Waals surface area contributed by atoms with Crippen molar-refractivity contribution in [1.29, 1.82) is 0 Å². The van der Waals surface area contributed by atoms with Gasteiger partial charge in [0.05, 0.1) is 28.4 Å². The number of hydrogen-bond acceptors (Lipinski definition) is 7. The predicted octanol–water partition coefficient (Wildman–Crippen LogP) is 2.19. The second-order valence-electron chi connectivity index (χ2n) is 5.85. The van der Waals surface area contributed by atoms with Crippen LogP contribution in [0.25, 0.3) is 21.9 Å². The maximum Gasteiger partial charge on any atom is 0.357 e. The fourth-order valence-electron chi connectivity index (χ4n) is 3.18. The van der Waals surface area contributed by atoms with E-state index in [0.717, 1.165) is 4.68 Å². The Kier molecular flexibility index (Phi) is 5.12. The minimum atomic E-state index is -0.742. The molecule has 3 aromatic rings. The molecular weight excluding hydrogens is 364 g/mol. The monoisotopic (exact) mass is 384 g/mol. The van der Waals surface area contributed by atoms with Crippen molar-refractivity contribution in [2.75, 3.05) is 34.3 Å². The molecule has 0 atom stereocenters. The molecule has 1 aromatic heterocycles. The molecule has 8 nitrogen and oxygen atoms in total. The number of ether oxygens (including phenoxy) is 4. The van der Waals surface area contributed by atoms with Crippen LogP contribution in [0.15, 0.2) is 41.2 Å². The van der Waals surface area contributed by atoms with Gasteiger partial charge in [-0.15, -0.1) is 0 Å². The largest absolute Gasteiger partial charge is 0.493 e. The van der Waals surface area contributed by atoms with Gasteiger partial charge in [0.2, 0.25) is 5.75 Å². The van der Waals surface area contributed by atoms with E-state index in [-0.39, 0.29) is 5.69 Å². The van der Waals surface area contributed by atoms with Gasteiger partial charge in [-0.2, -0.15) is 0 Å². The van der Waals surface area contributed by atoms with E-state index in [2.05, 4.69) is 0 Å². The number of rotatable bonds is 5. The molecule has 2 aromatic carbocycles. The molecule has 8 heteroatoms. The molecule has 0 radical (unpaired) electrons. The third kappa shape index (κ3) is 2.88. The van der Waals surface area contributed by atoms with Gasteiger partial charge in [-0.05, 0) is 29.1 Å². The zero-order valence-electron chi connectivity index (χ0n) is 15.9. The summed E-state index contributed by atoms with van der Waals surface area (Å²) in [6, 6.07) is 10.2. The number of carbonyl (C=O) groups excluding carboxylic acids is 1. The Morgan fingerprint density at radius 2 is 1.50 bits per heavy atom. The van der Waals surface area contributed by atoms with Crippen LogP contribution in [0.1, 0.15) is 10.5 Å². The molecule has 0 aliphatic rings. The highest BCUT2D eigenvalue weighted by Gasteiger charge is 2.25. The Labute approximate surface area is 161 Å². The fourth-order valence-corrected chi connectivity index (χ4v) is 3.18. The minimum absolute atomic E-state index is 0.0829. The lowest BCUT2D eigenvalue weighted by molar-refractivity contribution is 0.0590. The summed E-state index contributed by atoms with van der Waals surface area (Å²) in [7, 11) is 5.70. The first kappa shape index (κ1) is 19.1. The molecule has 0 fully saturated rings. The van der Waals surface area contributed by atoms with Crippen LogP contribution < -0.4 is 25.6 Å². The summed E-state index contributed by atoms with van der Waals surface area (Å²) in [5, 5.41) is 0.908. The lowest BCUT2D eigenvalue weighted by atomic mass is 9.96. The van der Waals surface area contributed by atoms with Crippen LogP contribution in [-0.4, -0.2) is 39.1 Å². The van der Waals surface area contributed by atoms with Crippen LogP contribution in [0.4, 0.5) is 0 Å². The van der Waals surface area contributed by atoms with E-state index >= 15 is 0 Å². The number of aromatic nitrogens is 1. The van der Waals surface area contributed by atoms with Crippen LogP contribution in [0.2, 0.25) is 0 Å². The number of nitrogens with two attached hydrogens (primary N) is 1. The highest BCUT2D eigenvalue weighted by Crippen LogP contribution is 2.43. The normalized spacial score (nSPS) is 10.6. The topological polar surface area (TPSA) is 102 Å². The average Bonchev–Trinajstić information content (AvgIpc) is 2.74. The molecule has 0 saturated carbocycles. The Hall–Kier alpha value is -3.68. The van der Waals surface area contributed by atoms with Crippen molar-refractivity contribution in [3.63, 3.8) is 0 Å². The Bertz CT molecular complexity index is 1090. The zero-order valence-corrected chi connectivity index (χ0v) is 15.9. The third-order valence-electron chi connectivity index (χ3n) is 4.46. The van der Waals surface area contributed by atoms with Gasteiger partial charge >= 0.3 is 5.97 Å². The molecule has 28 heavy (non-hydrogen) atoms. The summed E-state index contributed by atoms with van der Waals surface area (Å²) >= 11 is 0. The van der Waals surface area contributed by atoms with Crippen molar-refractivity contribution in [3.05, 3.63) is 52.4 Å². The smallest absolute Gasteiger partial charge is 0.357 e. The van der Waals surface area contributed by atoms with Gasteiger partial charge in [-0.1, -0.05) is 18.2 Å². The fraction of sp³-hybridized carbons (Fsp3) is 0.200. The van der Waals surface area contributed by atoms with E-state index in [9.17, 15) is 9.59 Å². The molecule has 0 aliphatic heterocycles. The maximum atomic E-state index is 12.7. The molecule has 2 N–H and O–H groups in total. The van der Waals surface area contributed by atoms with Gasteiger partial charge in [0.1, 0.15) is 0 Å². The number of benzene rings is 2. The summed E-state index contributed by atoms with van der Waals surface area (Å²) in [5.41, 5.74) is 0.377. The van der Waals surface area contributed by atoms with Gasteiger partial charge in [0, 0.05) is 10.9 Å². The summed E-state index contributed by atoms with van der Waals surface area (Å²) in [6.07, 6.45) is 0. The van der Waals surface area contributed by atoms with Gasteiger partial charge in [-0.25, -0.2) is 9.47 Å². The van der Waals surface area contributed by atoms with E-state index in [1.54, 1.807) is 36.4 Å². The first-order valence-electron chi connectivity index (χ1n) is 8.30. The summed E-state index contributed by atoms with van der Waals surface area (Å²) < 4.78 is 21.9. The molecule has 0 unspecified atom stereocenters. The Morgan fingerprint density at radius 3 is 2.00 bits per heavy atom. The van der Waals surface area contributed by atoms with Crippen molar-refractivity contribution in [2.45, 2.75) is 0 Å². The Balaban J connectivity index is 2.51. The Morgan fingerprint density at radius 1 is 0.929 bits per heavy atom. The summed E-state index contributed by atoms with van der Waals surface area (Å²) in [5.74, 6) is 6.43. The number of pyridine rings is 1. The molecule has 3 rings (SSSR count). The molecular formula is C20H20N2O6. The number of nitrogen functional groups attached to an aromatic ring is 1. The highest BCUT2D eigenvalue weighted by molar-refractivity contribution is 6.07. The van der Waals surface area contributed by atoms with Gasteiger partial charge in [0.25, 0.3) is 5.56 Å². The van der Waals surface area contributed by atoms with Gasteiger partial charge in [-0.3, -0.25) is 4.79 Å². The maximum absolute atomic E-state index is 12.7.